The van der Waals surface area contributed by atoms with Gasteiger partial charge in [-0.25, -0.2) is 9.97 Å². The van der Waals surface area contributed by atoms with E-state index in [2.05, 4.69) is 9.97 Å². The van der Waals surface area contributed by atoms with E-state index in [1.807, 2.05) is 27.7 Å². The van der Waals surface area contributed by atoms with Gasteiger partial charge in [0.25, 0.3) is 0 Å². The van der Waals surface area contributed by atoms with Crippen molar-refractivity contribution in [2.24, 2.45) is 0 Å². The third-order valence-electron chi connectivity index (χ3n) is 9.12. The van der Waals surface area contributed by atoms with E-state index in [1.54, 1.807) is 24.3 Å². The fraction of sp³-hybridized carbons (Fsp3) is 0.333. The zero-order valence-corrected chi connectivity index (χ0v) is 32.3. The van der Waals surface area contributed by atoms with E-state index in [1.165, 1.54) is 0 Å². The molecule has 0 spiro atoms. The van der Waals surface area contributed by atoms with Crippen LogP contribution in [0.2, 0.25) is 0 Å². The van der Waals surface area contributed by atoms with Crippen LogP contribution in [-0.2, 0) is 74.2 Å². The van der Waals surface area contributed by atoms with Crippen LogP contribution in [0.3, 0.4) is 0 Å². The fourth-order valence-corrected chi connectivity index (χ4v) is 6.40. The van der Waals surface area contributed by atoms with Crippen LogP contribution in [0.25, 0.3) is 44.4 Å². The minimum absolute atomic E-state index is 0. The molecule has 0 aromatic carbocycles. The van der Waals surface area contributed by atoms with Gasteiger partial charge in [0, 0.05) is 45.9 Å². The molecule has 2 N–H and O–H groups in total. The van der Waals surface area contributed by atoms with Crippen LogP contribution < -0.4 is 20.4 Å². The molecule has 2 aliphatic rings. The minimum atomic E-state index is -1.21. The topological polar surface area (TPSA) is 218 Å². The molecule has 3 aromatic rings. The van der Waals surface area contributed by atoms with E-state index in [0.29, 0.717) is 56.0 Å². The van der Waals surface area contributed by atoms with Crippen LogP contribution in [0.5, 0.6) is 0 Å². The molecule has 0 radical (unpaired) electrons. The van der Waals surface area contributed by atoms with Crippen molar-refractivity contribution in [3.63, 3.8) is 0 Å². The maximum absolute atomic E-state index is 11.5. The van der Waals surface area contributed by atoms with E-state index >= 15 is 0 Å². The number of aromatic nitrogens is 4. The number of allylic oxidation sites excluding steroid dienone is 4. The molecule has 0 amide bonds. The van der Waals surface area contributed by atoms with Gasteiger partial charge < -0.3 is 49.6 Å². The Balaban J connectivity index is 0.00000338. The second-order valence-electron chi connectivity index (χ2n) is 12.1. The third kappa shape index (κ3) is 8.77. The van der Waals surface area contributed by atoms with E-state index in [4.69, 9.17) is 9.97 Å². The Morgan fingerprint density at radius 2 is 0.800 bits per heavy atom. The molecule has 0 atom stereocenters. The summed E-state index contributed by atoms with van der Waals surface area (Å²) >= 11 is 0. The number of nitrogens with zero attached hydrogens (tertiary/aromatic N) is 2. The second kappa shape index (κ2) is 16.7. The Hall–Kier alpha value is -4.14. The van der Waals surface area contributed by atoms with Gasteiger partial charge in [-0.1, -0.05) is 0 Å². The third-order valence-corrected chi connectivity index (χ3v) is 9.12. The number of rotatable bonds is 12. The Labute approximate surface area is 316 Å². The number of carboxylic acid groups (broad SMARTS) is 4. The number of nitrogens with one attached hydrogen (secondary N) is 2. The molecule has 0 aliphatic carbocycles. The van der Waals surface area contributed by atoms with Crippen LogP contribution in [-0.4, -0.2) is 43.8 Å². The maximum Gasteiger partial charge on any atom is 2.00 e. The number of fused-ring (bicyclic) bond motifs is 8. The van der Waals surface area contributed by atoms with Gasteiger partial charge in [-0.3, -0.25) is 0 Å². The molecule has 12 nitrogen and oxygen atoms in total. The van der Waals surface area contributed by atoms with Gasteiger partial charge in [-0.15, -0.1) is 0 Å². The van der Waals surface area contributed by atoms with Crippen molar-refractivity contribution in [1.82, 2.24) is 19.9 Å². The van der Waals surface area contributed by atoms with Gasteiger partial charge in [-0.2, -0.15) is 0 Å². The standard InChI is InChI=1S/C36H38N4O8.2Pt/c1-17-21(5-9-33(41)42)29-14-26-19(3)23(7-11-35(45)46)31(39-26)16-28-20(4)24(8-12-36(47)48)32(40-28)15-27-18(2)22(6-10-34(43)44)30(38-27)13-25(17)37-29;;/h13-16,37,40H,5-12H2,1-4H3,(H,41,42)(H,43,44)(H,45,46)(H,47,48);;/q;2*+2/p-4. The molecule has 0 saturated heterocycles. The predicted octanol–water partition coefficient (Wildman–Crippen LogP) is 1.21. The van der Waals surface area contributed by atoms with E-state index < -0.39 is 23.9 Å². The summed E-state index contributed by atoms with van der Waals surface area (Å²) in [5.74, 6) is -4.81. The summed E-state index contributed by atoms with van der Waals surface area (Å²) in [5.41, 5.74) is 10.5. The minimum Gasteiger partial charge on any atom is -0.550 e. The Bertz CT molecular complexity index is 1960. The van der Waals surface area contributed by atoms with Crippen LogP contribution in [0.15, 0.2) is 24.3 Å². The molecule has 2 aliphatic heterocycles. The summed E-state index contributed by atoms with van der Waals surface area (Å²) in [6.45, 7) is 7.38. The van der Waals surface area contributed by atoms with Gasteiger partial charge in [0.15, 0.2) is 0 Å². The monoisotopic (exact) mass is 1040 g/mol. The van der Waals surface area contributed by atoms with Gasteiger partial charge in [0.2, 0.25) is 0 Å². The number of aliphatic carboxylic acids is 4. The van der Waals surface area contributed by atoms with Crippen molar-refractivity contribution in [1.29, 1.82) is 0 Å². The summed E-state index contributed by atoms with van der Waals surface area (Å²) < 4.78 is 0. The maximum atomic E-state index is 11.5. The predicted molar refractivity (Wildman–Crippen MR) is 171 cm³/mol. The van der Waals surface area contributed by atoms with Crippen molar-refractivity contribution < 1.29 is 81.7 Å². The number of hydrogen-bond donors (Lipinski definition) is 2. The summed E-state index contributed by atoms with van der Waals surface area (Å²) in [6, 6.07) is 7.20. The molecule has 0 fully saturated rings. The van der Waals surface area contributed by atoms with E-state index in [-0.39, 0.29) is 93.5 Å². The largest absolute Gasteiger partial charge is 2.00 e. The van der Waals surface area contributed by atoms with Crippen LogP contribution in [0, 0.1) is 13.8 Å². The molecular formula is C36H34N4O8Pt2. The Morgan fingerprint density at radius 3 is 1.12 bits per heavy atom. The average molecular weight is 1040 g/mol. The number of aryl methyl sites for hydroxylation is 4. The van der Waals surface area contributed by atoms with Crippen molar-refractivity contribution in [3.8, 4) is 0 Å². The molecule has 8 bridgehead atoms. The van der Waals surface area contributed by atoms with E-state index in [9.17, 15) is 39.6 Å². The molecule has 14 heteroatoms. The smallest absolute Gasteiger partial charge is 0.550 e. The van der Waals surface area contributed by atoms with Gasteiger partial charge in [0.05, 0.1) is 22.8 Å². The summed E-state index contributed by atoms with van der Waals surface area (Å²) in [7, 11) is 0. The fourth-order valence-electron chi connectivity index (χ4n) is 6.40. The van der Waals surface area contributed by atoms with Crippen molar-refractivity contribution in [2.45, 2.75) is 79.1 Å². The number of carbonyl (C=O) groups excluding carboxylic acids is 4. The quantitative estimate of drug-likeness (QED) is 0.264. The molecular weight excluding hydrogens is 1010 g/mol. The number of hydrogen-bond acceptors (Lipinski definition) is 10. The summed E-state index contributed by atoms with van der Waals surface area (Å²) in [6.07, 6.45) is -0.243. The van der Waals surface area contributed by atoms with Crippen LogP contribution >= 0.6 is 0 Å². The molecule has 0 unspecified atom stereocenters. The normalized spacial score (nSPS) is 12.4. The molecule has 50 heavy (non-hydrogen) atoms. The molecule has 3 aromatic heterocycles. The van der Waals surface area contributed by atoms with Gasteiger partial charge in [0.1, 0.15) is 0 Å². The number of carboxylic acids is 4. The number of H-pyrrole nitrogens is 2. The first-order valence-corrected chi connectivity index (χ1v) is 15.7. The molecule has 0 saturated carbocycles. The van der Waals surface area contributed by atoms with Crippen molar-refractivity contribution >= 4 is 68.2 Å². The number of carbonyl (C=O) groups is 4. The first kappa shape index (κ1) is 40.3. The summed E-state index contributed by atoms with van der Waals surface area (Å²) in [4.78, 5) is 62.4. The second-order valence-corrected chi connectivity index (χ2v) is 12.1. The van der Waals surface area contributed by atoms with Crippen molar-refractivity contribution in [2.75, 3.05) is 0 Å². The van der Waals surface area contributed by atoms with E-state index in [0.717, 1.165) is 33.4 Å². The van der Waals surface area contributed by atoms with Crippen LogP contribution in [0.4, 0.5) is 0 Å². The van der Waals surface area contributed by atoms with Gasteiger partial charge in [-0.05, 0) is 148 Å². The zero-order valence-electron chi connectivity index (χ0n) is 27.8. The number of aromatic amines is 2. The Kier molecular flexibility index (Phi) is 13.5. The summed E-state index contributed by atoms with van der Waals surface area (Å²) in [5, 5.41) is 45.9. The average Bonchev–Trinajstić information content (AvgIpc) is 3.66. The SMILES string of the molecule is CC1=C(CCC(=O)[O-])c2cc3[nH]c(cc4nc(cc5[nH]c(cc1n2)c(CCC(=O)[O-])c5C)C(CCC(=O)[O-])=C4C)c(CCC(=O)[O-])c3C.[Pt+2].[Pt+2]. The Morgan fingerprint density at radius 1 is 0.500 bits per heavy atom. The van der Waals surface area contributed by atoms with Crippen molar-refractivity contribution in [3.05, 3.63) is 69.3 Å². The first-order valence-electron chi connectivity index (χ1n) is 15.7. The zero-order chi connectivity index (χ0) is 34.9. The molecule has 5 rings (SSSR count). The van der Waals surface area contributed by atoms with Crippen LogP contribution in [0.1, 0.15) is 97.4 Å². The molecule has 266 valence electrons. The first-order chi connectivity index (χ1) is 22.7. The molecule has 5 heterocycles. The van der Waals surface area contributed by atoms with Gasteiger partial charge >= 0.3 is 42.1 Å².